The van der Waals surface area contributed by atoms with Crippen molar-refractivity contribution < 1.29 is 19.0 Å². The SMILES string of the molecule is CC(C)CNC(=O)C(C)Oc1cc(F)ccc1C(C)O. The second-order valence-corrected chi connectivity index (χ2v) is 5.26. The van der Waals surface area contributed by atoms with Crippen molar-refractivity contribution in [3.63, 3.8) is 0 Å². The third-order valence-electron chi connectivity index (χ3n) is 2.78. The van der Waals surface area contributed by atoms with Gasteiger partial charge in [-0.3, -0.25) is 4.79 Å². The highest BCUT2D eigenvalue weighted by molar-refractivity contribution is 5.80. The lowest BCUT2D eigenvalue weighted by molar-refractivity contribution is -0.127. The number of nitrogens with one attached hydrogen (secondary N) is 1. The summed E-state index contributed by atoms with van der Waals surface area (Å²) in [7, 11) is 0. The van der Waals surface area contributed by atoms with Gasteiger partial charge in [0.15, 0.2) is 6.10 Å². The van der Waals surface area contributed by atoms with Crippen LogP contribution in [0.15, 0.2) is 18.2 Å². The summed E-state index contributed by atoms with van der Waals surface area (Å²) in [5.74, 6) is -0.209. The van der Waals surface area contributed by atoms with E-state index in [1.807, 2.05) is 13.8 Å². The minimum absolute atomic E-state index is 0.187. The summed E-state index contributed by atoms with van der Waals surface area (Å²) in [4.78, 5) is 11.8. The van der Waals surface area contributed by atoms with Gasteiger partial charge in [0.2, 0.25) is 0 Å². The number of hydrogen-bond donors (Lipinski definition) is 2. The van der Waals surface area contributed by atoms with Gasteiger partial charge in [0, 0.05) is 18.2 Å². The third-order valence-corrected chi connectivity index (χ3v) is 2.78. The molecule has 0 fully saturated rings. The Kier molecular flexibility index (Phi) is 5.95. The maximum Gasteiger partial charge on any atom is 0.260 e. The van der Waals surface area contributed by atoms with E-state index in [1.165, 1.54) is 18.2 Å². The summed E-state index contributed by atoms with van der Waals surface area (Å²) in [6.45, 7) is 7.68. The number of benzene rings is 1. The Hall–Kier alpha value is -1.62. The highest BCUT2D eigenvalue weighted by Crippen LogP contribution is 2.26. The van der Waals surface area contributed by atoms with Crippen LogP contribution in [0.5, 0.6) is 5.75 Å². The van der Waals surface area contributed by atoms with E-state index in [1.54, 1.807) is 13.8 Å². The number of carbonyl (C=O) groups is 1. The van der Waals surface area contributed by atoms with Crippen LogP contribution in [0.2, 0.25) is 0 Å². The van der Waals surface area contributed by atoms with Gasteiger partial charge in [-0.15, -0.1) is 0 Å². The van der Waals surface area contributed by atoms with Gasteiger partial charge in [0.05, 0.1) is 6.10 Å². The highest BCUT2D eigenvalue weighted by atomic mass is 19.1. The number of carbonyl (C=O) groups excluding carboxylic acids is 1. The van der Waals surface area contributed by atoms with E-state index >= 15 is 0 Å². The lowest BCUT2D eigenvalue weighted by Crippen LogP contribution is -2.38. The van der Waals surface area contributed by atoms with E-state index < -0.39 is 18.0 Å². The molecule has 1 aromatic rings. The molecule has 2 N–H and O–H groups in total. The molecule has 20 heavy (non-hydrogen) atoms. The standard InChI is InChI=1S/C15H22FNO3/c1-9(2)8-17-15(19)11(4)20-14-7-12(16)5-6-13(14)10(3)18/h5-7,9-11,18H,8H2,1-4H3,(H,17,19). The van der Waals surface area contributed by atoms with E-state index in [2.05, 4.69) is 5.32 Å². The number of ether oxygens (including phenoxy) is 1. The summed E-state index contributed by atoms with van der Waals surface area (Å²) in [5.41, 5.74) is 0.454. The fourth-order valence-electron chi connectivity index (χ4n) is 1.65. The van der Waals surface area contributed by atoms with Crippen LogP contribution < -0.4 is 10.1 Å². The van der Waals surface area contributed by atoms with Gasteiger partial charge >= 0.3 is 0 Å². The minimum Gasteiger partial charge on any atom is -0.480 e. The number of hydrogen-bond acceptors (Lipinski definition) is 3. The quantitative estimate of drug-likeness (QED) is 0.843. The first-order valence-corrected chi connectivity index (χ1v) is 6.73. The lowest BCUT2D eigenvalue weighted by atomic mass is 10.1. The third kappa shape index (κ3) is 4.81. The maximum absolute atomic E-state index is 13.3. The average Bonchev–Trinajstić information content (AvgIpc) is 2.35. The van der Waals surface area contributed by atoms with Crippen molar-refractivity contribution in [3.8, 4) is 5.75 Å². The van der Waals surface area contributed by atoms with Gasteiger partial charge < -0.3 is 15.2 Å². The first kappa shape index (κ1) is 16.4. The maximum atomic E-state index is 13.3. The largest absolute Gasteiger partial charge is 0.480 e. The van der Waals surface area contributed by atoms with Gasteiger partial charge in [0.25, 0.3) is 5.91 Å². The zero-order valence-electron chi connectivity index (χ0n) is 12.3. The van der Waals surface area contributed by atoms with Crippen molar-refractivity contribution in [2.24, 2.45) is 5.92 Å². The van der Waals surface area contributed by atoms with Crippen molar-refractivity contribution in [1.82, 2.24) is 5.32 Å². The molecule has 1 rings (SSSR count). The molecule has 2 atom stereocenters. The molecule has 0 aliphatic rings. The van der Waals surface area contributed by atoms with Crippen LogP contribution in [0, 0.1) is 11.7 Å². The number of rotatable bonds is 6. The molecule has 0 aliphatic heterocycles. The van der Waals surface area contributed by atoms with Crippen molar-refractivity contribution in [2.75, 3.05) is 6.54 Å². The molecular weight excluding hydrogens is 261 g/mol. The van der Waals surface area contributed by atoms with Crippen LogP contribution in [0.3, 0.4) is 0 Å². The zero-order valence-corrected chi connectivity index (χ0v) is 12.3. The summed E-state index contributed by atoms with van der Waals surface area (Å²) >= 11 is 0. The van der Waals surface area contributed by atoms with E-state index in [-0.39, 0.29) is 11.7 Å². The monoisotopic (exact) mass is 283 g/mol. The molecule has 0 aromatic heterocycles. The molecule has 2 unspecified atom stereocenters. The summed E-state index contributed by atoms with van der Waals surface area (Å²) in [6.07, 6.45) is -1.55. The predicted octanol–water partition coefficient (Wildman–Crippen LogP) is 2.42. The van der Waals surface area contributed by atoms with Gasteiger partial charge in [-0.2, -0.15) is 0 Å². The molecular formula is C15H22FNO3. The molecule has 1 aromatic carbocycles. The number of aliphatic hydroxyl groups is 1. The van der Waals surface area contributed by atoms with E-state index in [9.17, 15) is 14.3 Å². The van der Waals surface area contributed by atoms with Gasteiger partial charge in [-0.05, 0) is 31.9 Å². The van der Waals surface area contributed by atoms with Crippen LogP contribution in [-0.2, 0) is 4.79 Å². The molecule has 112 valence electrons. The summed E-state index contributed by atoms with van der Waals surface area (Å²) in [6, 6.07) is 3.88. The topological polar surface area (TPSA) is 58.6 Å². The van der Waals surface area contributed by atoms with Gasteiger partial charge in [0.1, 0.15) is 11.6 Å². The Balaban J connectivity index is 2.76. The Morgan fingerprint density at radius 3 is 2.55 bits per heavy atom. The molecule has 5 heteroatoms. The zero-order chi connectivity index (χ0) is 15.3. The first-order valence-electron chi connectivity index (χ1n) is 6.73. The Morgan fingerprint density at radius 2 is 2.00 bits per heavy atom. The lowest BCUT2D eigenvalue weighted by Gasteiger charge is -2.19. The van der Waals surface area contributed by atoms with E-state index in [4.69, 9.17) is 4.74 Å². The summed E-state index contributed by atoms with van der Waals surface area (Å²) in [5, 5.41) is 12.4. The first-order chi connectivity index (χ1) is 9.31. The molecule has 0 radical (unpaired) electrons. The van der Waals surface area contributed by atoms with Crippen molar-refractivity contribution in [3.05, 3.63) is 29.6 Å². The van der Waals surface area contributed by atoms with Crippen molar-refractivity contribution in [1.29, 1.82) is 0 Å². The normalized spacial score (nSPS) is 13.9. The molecule has 0 saturated carbocycles. The summed E-state index contributed by atoms with van der Waals surface area (Å²) < 4.78 is 18.7. The fraction of sp³-hybridized carbons (Fsp3) is 0.533. The fourth-order valence-corrected chi connectivity index (χ4v) is 1.65. The molecule has 0 bridgehead atoms. The Labute approximate surface area is 119 Å². The minimum atomic E-state index is -0.795. The van der Waals surface area contributed by atoms with Crippen LogP contribution >= 0.6 is 0 Å². The molecule has 0 spiro atoms. The highest BCUT2D eigenvalue weighted by Gasteiger charge is 2.18. The molecule has 0 saturated heterocycles. The molecule has 0 heterocycles. The second kappa shape index (κ2) is 7.24. The number of aliphatic hydroxyl groups excluding tert-OH is 1. The molecule has 0 aliphatic carbocycles. The van der Waals surface area contributed by atoms with Crippen LogP contribution in [-0.4, -0.2) is 23.7 Å². The van der Waals surface area contributed by atoms with Gasteiger partial charge in [-0.25, -0.2) is 4.39 Å². The Bertz CT molecular complexity index is 460. The average molecular weight is 283 g/mol. The van der Waals surface area contributed by atoms with Crippen LogP contribution in [0.4, 0.5) is 4.39 Å². The van der Waals surface area contributed by atoms with E-state index in [0.29, 0.717) is 18.0 Å². The second-order valence-electron chi connectivity index (χ2n) is 5.26. The molecule has 4 nitrogen and oxygen atoms in total. The van der Waals surface area contributed by atoms with Crippen molar-refractivity contribution in [2.45, 2.75) is 39.9 Å². The van der Waals surface area contributed by atoms with E-state index in [0.717, 1.165) is 0 Å². The number of amides is 1. The van der Waals surface area contributed by atoms with Gasteiger partial charge in [-0.1, -0.05) is 13.8 Å². The predicted molar refractivity (Wildman–Crippen MR) is 75.0 cm³/mol. The van der Waals surface area contributed by atoms with Crippen molar-refractivity contribution >= 4 is 5.91 Å². The Morgan fingerprint density at radius 1 is 1.35 bits per heavy atom. The molecule has 1 amide bonds. The van der Waals surface area contributed by atoms with Crippen LogP contribution in [0.1, 0.15) is 39.4 Å². The van der Waals surface area contributed by atoms with Crippen LogP contribution in [0.25, 0.3) is 0 Å². The smallest absolute Gasteiger partial charge is 0.260 e. The number of halogens is 1.